The molecule has 2 aromatic heterocycles. The average Bonchev–Trinajstić information content (AvgIpc) is 2.79. The maximum absolute atomic E-state index is 10.9. The summed E-state index contributed by atoms with van der Waals surface area (Å²) in [6, 6.07) is 8.83. The van der Waals surface area contributed by atoms with Crippen molar-refractivity contribution in [2.45, 2.75) is 6.92 Å². The van der Waals surface area contributed by atoms with E-state index in [9.17, 15) is 4.79 Å². The van der Waals surface area contributed by atoms with Gasteiger partial charge in [-0.15, -0.1) is 0 Å². The average molecular weight is 257 g/mol. The third-order valence-electron chi connectivity index (χ3n) is 2.79. The van der Waals surface area contributed by atoms with Crippen molar-refractivity contribution in [1.29, 1.82) is 0 Å². The number of pyridine rings is 1. The first-order valence-electron chi connectivity index (χ1n) is 5.88. The Kier molecular flexibility index (Phi) is 2.59. The zero-order valence-corrected chi connectivity index (χ0v) is 10.2. The van der Waals surface area contributed by atoms with E-state index in [4.69, 9.17) is 14.3 Å². The highest BCUT2D eigenvalue weighted by Gasteiger charge is 2.12. The number of rotatable bonds is 3. The van der Waals surface area contributed by atoms with Crippen molar-refractivity contribution in [3.8, 4) is 5.75 Å². The first kappa shape index (κ1) is 11.5. The van der Waals surface area contributed by atoms with Crippen LogP contribution in [0.25, 0.3) is 22.0 Å². The molecule has 0 aliphatic heterocycles. The van der Waals surface area contributed by atoms with Crippen LogP contribution in [0.1, 0.15) is 17.5 Å². The summed E-state index contributed by atoms with van der Waals surface area (Å²) >= 11 is 0. The predicted molar refractivity (Wildman–Crippen MR) is 69.6 cm³/mol. The van der Waals surface area contributed by atoms with Crippen LogP contribution in [0.15, 0.2) is 34.7 Å². The number of furan rings is 1. The van der Waals surface area contributed by atoms with Gasteiger partial charge in [-0.2, -0.15) is 0 Å². The number of hydrogen-bond acceptors (Lipinski definition) is 4. The fourth-order valence-corrected chi connectivity index (χ4v) is 1.98. The fourth-order valence-electron chi connectivity index (χ4n) is 1.98. The van der Waals surface area contributed by atoms with Crippen LogP contribution in [0.5, 0.6) is 5.75 Å². The molecular formula is C14H11NO4. The number of carboxylic acid groups (broad SMARTS) is 1. The number of aromatic carboxylic acids is 1. The second kappa shape index (κ2) is 4.28. The molecule has 3 aromatic rings. The van der Waals surface area contributed by atoms with Crippen molar-refractivity contribution in [2.75, 3.05) is 6.61 Å². The third kappa shape index (κ3) is 1.99. The Labute approximate surface area is 108 Å². The summed E-state index contributed by atoms with van der Waals surface area (Å²) in [6.07, 6.45) is 0. The standard InChI is InChI=1S/C14H11NO4/c1-2-18-10-3-4-11-8(6-10)5-9-7-12(14(16)17)19-13(9)15-11/h3-7H,2H2,1H3,(H,16,17). The second-order valence-corrected chi connectivity index (χ2v) is 4.09. The largest absolute Gasteiger partial charge is 0.494 e. The number of carboxylic acids is 1. The van der Waals surface area contributed by atoms with Gasteiger partial charge < -0.3 is 14.3 Å². The minimum absolute atomic E-state index is 0.108. The molecule has 1 N–H and O–H groups in total. The number of benzene rings is 1. The van der Waals surface area contributed by atoms with Gasteiger partial charge in [-0.1, -0.05) is 0 Å². The van der Waals surface area contributed by atoms with E-state index in [1.54, 1.807) is 0 Å². The van der Waals surface area contributed by atoms with Crippen LogP contribution in [-0.2, 0) is 0 Å². The Morgan fingerprint density at radius 3 is 2.89 bits per heavy atom. The number of carbonyl (C=O) groups is 1. The number of nitrogens with zero attached hydrogens (tertiary/aromatic N) is 1. The molecule has 1 aromatic carbocycles. The van der Waals surface area contributed by atoms with Crippen molar-refractivity contribution in [2.24, 2.45) is 0 Å². The zero-order chi connectivity index (χ0) is 13.4. The smallest absolute Gasteiger partial charge is 0.371 e. The van der Waals surface area contributed by atoms with Crippen LogP contribution in [0.4, 0.5) is 0 Å². The van der Waals surface area contributed by atoms with E-state index < -0.39 is 5.97 Å². The molecule has 0 radical (unpaired) electrons. The lowest BCUT2D eigenvalue weighted by Crippen LogP contribution is -1.91. The van der Waals surface area contributed by atoms with Gasteiger partial charge in [0.15, 0.2) is 0 Å². The molecule has 0 aliphatic rings. The molecule has 19 heavy (non-hydrogen) atoms. The Morgan fingerprint density at radius 1 is 1.32 bits per heavy atom. The van der Waals surface area contributed by atoms with Gasteiger partial charge >= 0.3 is 5.97 Å². The SMILES string of the molecule is CCOc1ccc2nc3oc(C(=O)O)cc3cc2c1. The van der Waals surface area contributed by atoms with Crippen molar-refractivity contribution in [3.63, 3.8) is 0 Å². The molecule has 5 nitrogen and oxygen atoms in total. The Balaban J connectivity index is 2.20. The molecule has 0 atom stereocenters. The maximum Gasteiger partial charge on any atom is 0.371 e. The molecule has 0 saturated carbocycles. The molecule has 96 valence electrons. The lowest BCUT2D eigenvalue weighted by atomic mass is 10.2. The van der Waals surface area contributed by atoms with Crippen molar-refractivity contribution < 1.29 is 19.1 Å². The topological polar surface area (TPSA) is 72.6 Å². The van der Waals surface area contributed by atoms with Crippen molar-refractivity contribution >= 4 is 28.0 Å². The van der Waals surface area contributed by atoms with Crippen molar-refractivity contribution in [1.82, 2.24) is 4.98 Å². The number of hydrogen-bond donors (Lipinski definition) is 1. The third-order valence-corrected chi connectivity index (χ3v) is 2.79. The fraction of sp³-hybridized carbons (Fsp3) is 0.143. The predicted octanol–water partition coefficient (Wildman–Crippen LogP) is 3.08. The van der Waals surface area contributed by atoms with Crippen LogP contribution in [0.3, 0.4) is 0 Å². The number of fused-ring (bicyclic) bond motifs is 2. The summed E-state index contributed by atoms with van der Waals surface area (Å²) in [5, 5.41) is 10.4. The van der Waals surface area contributed by atoms with Crippen LogP contribution in [0, 0.1) is 0 Å². The number of ether oxygens (including phenoxy) is 1. The van der Waals surface area contributed by atoms with Gasteiger partial charge in [-0.3, -0.25) is 0 Å². The molecule has 5 heteroatoms. The van der Waals surface area contributed by atoms with E-state index in [2.05, 4.69) is 4.98 Å². The lowest BCUT2D eigenvalue weighted by molar-refractivity contribution is 0.0664. The van der Waals surface area contributed by atoms with E-state index in [-0.39, 0.29) is 5.76 Å². The zero-order valence-electron chi connectivity index (χ0n) is 10.2. The highest BCUT2D eigenvalue weighted by atomic mass is 16.5. The summed E-state index contributed by atoms with van der Waals surface area (Å²) in [5.41, 5.74) is 1.07. The van der Waals surface area contributed by atoms with E-state index in [1.807, 2.05) is 31.2 Å². The monoisotopic (exact) mass is 257 g/mol. The van der Waals surface area contributed by atoms with Crippen LogP contribution >= 0.6 is 0 Å². The highest BCUT2D eigenvalue weighted by molar-refractivity contribution is 5.95. The highest BCUT2D eigenvalue weighted by Crippen LogP contribution is 2.25. The Bertz CT molecular complexity index is 776. The summed E-state index contributed by atoms with van der Waals surface area (Å²) in [5.74, 6) is -0.446. The summed E-state index contributed by atoms with van der Waals surface area (Å²) < 4.78 is 10.6. The normalized spacial score (nSPS) is 11.0. The molecule has 0 aliphatic carbocycles. The molecule has 0 spiro atoms. The molecule has 0 amide bonds. The first-order chi connectivity index (χ1) is 9.17. The van der Waals surface area contributed by atoms with E-state index in [0.717, 1.165) is 16.7 Å². The summed E-state index contributed by atoms with van der Waals surface area (Å²) in [6.45, 7) is 2.51. The van der Waals surface area contributed by atoms with Gasteiger partial charge in [0.25, 0.3) is 0 Å². The van der Waals surface area contributed by atoms with E-state index >= 15 is 0 Å². The van der Waals surface area contributed by atoms with Crippen molar-refractivity contribution in [3.05, 3.63) is 36.1 Å². The van der Waals surface area contributed by atoms with Gasteiger partial charge in [-0.25, -0.2) is 9.78 Å². The molecule has 0 fully saturated rings. The van der Waals surface area contributed by atoms with Gasteiger partial charge in [0, 0.05) is 16.8 Å². The minimum atomic E-state index is -1.10. The van der Waals surface area contributed by atoms with E-state index in [1.165, 1.54) is 6.07 Å². The number of aromatic nitrogens is 1. The minimum Gasteiger partial charge on any atom is -0.494 e. The van der Waals surface area contributed by atoms with Crippen LogP contribution in [-0.4, -0.2) is 22.7 Å². The van der Waals surface area contributed by atoms with E-state index in [0.29, 0.717) is 17.7 Å². The van der Waals surface area contributed by atoms with Crippen LogP contribution in [0.2, 0.25) is 0 Å². The molecule has 2 heterocycles. The molecule has 0 bridgehead atoms. The quantitative estimate of drug-likeness (QED) is 0.780. The van der Waals surface area contributed by atoms with Gasteiger partial charge in [0.2, 0.25) is 11.5 Å². The molecule has 3 rings (SSSR count). The first-order valence-corrected chi connectivity index (χ1v) is 5.88. The Morgan fingerprint density at radius 2 is 2.16 bits per heavy atom. The van der Waals surface area contributed by atoms with Gasteiger partial charge in [-0.05, 0) is 31.2 Å². The van der Waals surface area contributed by atoms with Gasteiger partial charge in [0.1, 0.15) is 5.75 Å². The van der Waals surface area contributed by atoms with Crippen LogP contribution < -0.4 is 4.74 Å². The molecule has 0 unspecified atom stereocenters. The van der Waals surface area contributed by atoms with Gasteiger partial charge in [0.05, 0.1) is 12.1 Å². The summed E-state index contributed by atoms with van der Waals surface area (Å²) in [4.78, 5) is 15.2. The second-order valence-electron chi connectivity index (χ2n) is 4.09. The Hall–Kier alpha value is -2.56. The molecule has 0 saturated heterocycles. The lowest BCUT2D eigenvalue weighted by Gasteiger charge is -2.03. The maximum atomic E-state index is 10.9. The summed E-state index contributed by atoms with van der Waals surface area (Å²) in [7, 11) is 0. The molecular weight excluding hydrogens is 246 g/mol.